The van der Waals surface area contributed by atoms with Gasteiger partial charge in [-0.3, -0.25) is 4.79 Å². The minimum absolute atomic E-state index is 0.227. The van der Waals surface area contributed by atoms with Crippen LogP contribution in [0.15, 0.2) is 48.5 Å². The molecule has 4 rings (SSSR count). The molecule has 27 heavy (non-hydrogen) atoms. The third-order valence-corrected chi connectivity index (χ3v) is 5.27. The van der Waals surface area contributed by atoms with Crippen molar-refractivity contribution in [1.82, 2.24) is 10.2 Å². The molecular formula is C21H23FN2O3. The number of hydrogen-bond acceptors (Lipinski definition) is 4. The zero-order valence-corrected chi connectivity index (χ0v) is 15.0. The predicted octanol–water partition coefficient (Wildman–Crippen LogP) is 1.65. The van der Waals surface area contributed by atoms with E-state index in [4.69, 9.17) is 4.74 Å². The number of aliphatic hydroxyl groups is 1. The Kier molecular flexibility index (Phi) is 5.20. The van der Waals surface area contributed by atoms with Gasteiger partial charge in [-0.05, 0) is 35.2 Å². The van der Waals surface area contributed by atoms with Gasteiger partial charge in [0, 0.05) is 19.6 Å². The molecule has 2 heterocycles. The van der Waals surface area contributed by atoms with Crippen molar-refractivity contribution in [3.8, 4) is 0 Å². The smallest absolute Gasteiger partial charge is 0.255 e. The van der Waals surface area contributed by atoms with E-state index in [1.54, 1.807) is 17.0 Å². The van der Waals surface area contributed by atoms with Crippen LogP contribution >= 0.6 is 0 Å². The Morgan fingerprint density at radius 3 is 2.78 bits per heavy atom. The van der Waals surface area contributed by atoms with Gasteiger partial charge in [0.2, 0.25) is 0 Å². The molecule has 0 spiro atoms. The molecule has 0 saturated carbocycles. The molecule has 0 bridgehead atoms. The largest absolute Gasteiger partial charge is 0.389 e. The van der Waals surface area contributed by atoms with Gasteiger partial charge in [-0.25, -0.2) is 4.39 Å². The number of benzene rings is 2. The standard InChI is InChI=1S/C21H23FN2O3/c22-16-7-5-15(6-8-16)19-17-4-2-1-3-14(17)9-11-24(19)21(26)20-18(25)13-23-10-12-27-20/h1-8,18-20,23,25H,9-13H2/t18-,19+,20-/m1/s1. The molecular weight excluding hydrogens is 347 g/mol. The second-order valence-electron chi connectivity index (χ2n) is 7.00. The molecule has 1 saturated heterocycles. The van der Waals surface area contributed by atoms with Crippen molar-refractivity contribution in [3.63, 3.8) is 0 Å². The second-order valence-corrected chi connectivity index (χ2v) is 7.00. The molecule has 0 radical (unpaired) electrons. The number of halogens is 1. The number of β-amino-alcohol motifs (C(OH)–C–C–N with tert-alkyl or cyclic N) is 1. The highest BCUT2D eigenvalue weighted by atomic mass is 19.1. The van der Waals surface area contributed by atoms with Gasteiger partial charge in [0.05, 0.1) is 12.6 Å². The summed E-state index contributed by atoms with van der Waals surface area (Å²) in [7, 11) is 0. The third-order valence-electron chi connectivity index (χ3n) is 5.27. The van der Waals surface area contributed by atoms with Crippen LogP contribution < -0.4 is 5.32 Å². The highest BCUT2D eigenvalue weighted by molar-refractivity contribution is 5.83. The Hall–Kier alpha value is -2.28. The molecule has 6 heteroatoms. The molecule has 0 aliphatic carbocycles. The summed E-state index contributed by atoms with van der Waals surface area (Å²) < 4.78 is 19.1. The molecule has 5 nitrogen and oxygen atoms in total. The molecule has 2 aliphatic rings. The first-order valence-corrected chi connectivity index (χ1v) is 9.29. The van der Waals surface area contributed by atoms with E-state index in [9.17, 15) is 14.3 Å². The molecule has 2 N–H and O–H groups in total. The minimum Gasteiger partial charge on any atom is -0.389 e. The summed E-state index contributed by atoms with van der Waals surface area (Å²) in [5.74, 6) is -0.538. The van der Waals surface area contributed by atoms with E-state index in [1.165, 1.54) is 17.7 Å². The highest BCUT2D eigenvalue weighted by Gasteiger charge is 2.38. The zero-order valence-electron chi connectivity index (χ0n) is 15.0. The molecule has 142 valence electrons. The van der Waals surface area contributed by atoms with Crippen molar-refractivity contribution in [2.75, 3.05) is 26.2 Å². The Morgan fingerprint density at radius 1 is 1.19 bits per heavy atom. The van der Waals surface area contributed by atoms with Crippen LogP contribution in [-0.2, 0) is 16.0 Å². The number of fused-ring (bicyclic) bond motifs is 1. The molecule has 2 aromatic rings. The van der Waals surface area contributed by atoms with Crippen LogP contribution in [0.4, 0.5) is 4.39 Å². The van der Waals surface area contributed by atoms with E-state index in [0.29, 0.717) is 26.2 Å². The van der Waals surface area contributed by atoms with Gasteiger partial charge in [-0.1, -0.05) is 36.4 Å². The lowest BCUT2D eigenvalue weighted by atomic mass is 9.87. The van der Waals surface area contributed by atoms with E-state index in [1.807, 2.05) is 18.2 Å². The summed E-state index contributed by atoms with van der Waals surface area (Å²) in [5, 5.41) is 13.4. The molecule has 1 fully saturated rings. The van der Waals surface area contributed by atoms with Crippen molar-refractivity contribution in [2.24, 2.45) is 0 Å². The minimum atomic E-state index is -0.897. The summed E-state index contributed by atoms with van der Waals surface area (Å²) in [6, 6.07) is 13.9. The van der Waals surface area contributed by atoms with Gasteiger partial charge in [0.25, 0.3) is 5.91 Å². The van der Waals surface area contributed by atoms with Crippen LogP contribution in [0.2, 0.25) is 0 Å². The highest BCUT2D eigenvalue weighted by Crippen LogP contribution is 2.36. The van der Waals surface area contributed by atoms with Crippen molar-refractivity contribution in [1.29, 1.82) is 0 Å². The van der Waals surface area contributed by atoms with Crippen molar-refractivity contribution < 1.29 is 19.0 Å². The normalized spacial score (nSPS) is 25.6. The average Bonchev–Trinajstić information content (AvgIpc) is 2.91. The zero-order chi connectivity index (χ0) is 18.8. The van der Waals surface area contributed by atoms with Crippen molar-refractivity contribution in [3.05, 3.63) is 71.0 Å². The van der Waals surface area contributed by atoms with Crippen molar-refractivity contribution in [2.45, 2.75) is 24.7 Å². The molecule has 3 atom stereocenters. The Bertz CT molecular complexity index is 811. The summed E-state index contributed by atoms with van der Waals surface area (Å²) >= 11 is 0. The number of ether oxygens (including phenoxy) is 1. The monoisotopic (exact) mass is 370 g/mol. The number of carbonyl (C=O) groups is 1. The average molecular weight is 370 g/mol. The number of hydrogen-bond donors (Lipinski definition) is 2. The predicted molar refractivity (Wildman–Crippen MR) is 98.7 cm³/mol. The summed E-state index contributed by atoms with van der Waals surface area (Å²) in [6.45, 7) is 1.82. The van der Waals surface area contributed by atoms with E-state index < -0.39 is 12.2 Å². The van der Waals surface area contributed by atoms with Gasteiger partial charge in [-0.15, -0.1) is 0 Å². The lowest BCUT2D eigenvalue weighted by Crippen LogP contribution is -2.51. The van der Waals surface area contributed by atoms with Crippen molar-refractivity contribution >= 4 is 5.91 Å². The van der Waals surface area contributed by atoms with Crippen LogP contribution in [0.5, 0.6) is 0 Å². The number of amides is 1. The maximum atomic E-state index is 13.5. The maximum absolute atomic E-state index is 13.5. The van der Waals surface area contributed by atoms with Crippen LogP contribution in [0.3, 0.4) is 0 Å². The Morgan fingerprint density at radius 2 is 1.96 bits per heavy atom. The first-order chi connectivity index (χ1) is 13.1. The summed E-state index contributed by atoms with van der Waals surface area (Å²) in [5.41, 5.74) is 3.06. The number of nitrogens with zero attached hydrogens (tertiary/aromatic N) is 1. The fourth-order valence-corrected chi connectivity index (χ4v) is 3.93. The summed E-state index contributed by atoms with van der Waals surface area (Å²) in [4.78, 5) is 15.1. The fourth-order valence-electron chi connectivity index (χ4n) is 3.93. The quantitative estimate of drug-likeness (QED) is 0.844. The molecule has 1 amide bonds. The van der Waals surface area contributed by atoms with Crippen LogP contribution in [0.25, 0.3) is 0 Å². The van der Waals surface area contributed by atoms with Gasteiger partial charge in [0.1, 0.15) is 11.9 Å². The van der Waals surface area contributed by atoms with Crippen LogP contribution in [0, 0.1) is 5.82 Å². The Labute approximate surface area is 157 Å². The summed E-state index contributed by atoms with van der Waals surface area (Å²) in [6.07, 6.45) is -1.06. The molecule has 2 aliphatic heterocycles. The molecule has 0 unspecified atom stereocenters. The van der Waals surface area contributed by atoms with E-state index >= 15 is 0 Å². The molecule has 0 aromatic heterocycles. The lowest BCUT2D eigenvalue weighted by molar-refractivity contribution is -0.152. The number of carbonyl (C=O) groups excluding carboxylic acids is 1. The Balaban J connectivity index is 1.72. The first-order valence-electron chi connectivity index (χ1n) is 9.29. The van der Waals surface area contributed by atoms with Gasteiger partial charge in [-0.2, -0.15) is 0 Å². The van der Waals surface area contributed by atoms with Crippen LogP contribution in [0.1, 0.15) is 22.7 Å². The fraction of sp³-hybridized carbons (Fsp3) is 0.381. The maximum Gasteiger partial charge on any atom is 0.255 e. The number of rotatable bonds is 2. The first kappa shape index (κ1) is 18.1. The van der Waals surface area contributed by atoms with Gasteiger partial charge >= 0.3 is 0 Å². The second kappa shape index (κ2) is 7.76. The number of nitrogens with one attached hydrogen (secondary N) is 1. The van der Waals surface area contributed by atoms with Crippen LogP contribution in [-0.4, -0.2) is 54.4 Å². The van der Waals surface area contributed by atoms with Gasteiger partial charge in [0.15, 0.2) is 6.10 Å². The number of aliphatic hydroxyl groups excluding tert-OH is 1. The molecule has 2 aromatic carbocycles. The topological polar surface area (TPSA) is 61.8 Å². The third kappa shape index (κ3) is 3.60. The van der Waals surface area contributed by atoms with E-state index in [-0.39, 0.29) is 17.8 Å². The SMILES string of the molecule is O=C([C@@H]1OCCNC[C@H]1O)N1CCc2ccccc2[C@@H]1c1ccc(F)cc1. The van der Waals surface area contributed by atoms with Gasteiger partial charge < -0.3 is 20.1 Å². The van der Waals surface area contributed by atoms with E-state index in [2.05, 4.69) is 11.4 Å². The van der Waals surface area contributed by atoms with E-state index in [0.717, 1.165) is 17.5 Å². The lowest BCUT2D eigenvalue weighted by Gasteiger charge is -2.39.